The Morgan fingerprint density at radius 2 is 1.83 bits per heavy atom. The number of carbonyl (C=O) groups excluding carboxylic acids is 2. The summed E-state index contributed by atoms with van der Waals surface area (Å²) >= 11 is 0. The van der Waals surface area contributed by atoms with Crippen LogP contribution >= 0.6 is 0 Å². The van der Waals surface area contributed by atoms with Crippen molar-refractivity contribution in [3.8, 4) is 0 Å². The summed E-state index contributed by atoms with van der Waals surface area (Å²) in [5.41, 5.74) is -1.38. The van der Waals surface area contributed by atoms with E-state index in [1.54, 1.807) is 0 Å². The Morgan fingerprint density at radius 3 is 2.17 bits per heavy atom. The number of amides is 2. The molecule has 3 N–H and O–H groups in total. The van der Waals surface area contributed by atoms with Gasteiger partial charge >= 0.3 is 0 Å². The van der Waals surface area contributed by atoms with Gasteiger partial charge in [-0.1, -0.05) is 0 Å². The highest BCUT2D eigenvalue weighted by Crippen LogP contribution is 1.94. The molecule has 2 amide bonds. The average Bonchev–Trinajstić information content (AvgIpc) is 1.81. The molecule has 0 aliphatic rings. The van der Waals surface area contributed by atoms with Crippen LogP contribution in [0.5, 0.6) is 0 Å². The smallest absolute Gasteiger partial charge is 0.219 e. The average molecular weight is 174 g/mol. The van der Waals surface area contributed by atoms with E-state index in [1.807, 2.05) is 0 Å². The predicted molar refractivity (Wildman–Crippen MR) is 43.1 cm³/mol. The summed E-state index contributed by atoms with van der Waals surface area (Å²) in [5, 5.41) is 14.1. The summed E-state index contributed by atoms with van der Waals surface area (Å²) in [6.07, 6.45) is 0. The van der Waals surface area contributed by atoms with Gasteiger partial charge in [0.15, 0.2) is 5.72 Å². The van der Waals surface area contributed by atoms with Crippen molar-refractivity contribution in [2.24, 2.45) is 0 Å². The molecule has 0 aliphatic heterocycles. The molecule has 0 rings (SSSR count). The van der Waals surface area contributed by atoms with Gasteiger partial charge in [-0.05, 0) is 6.92 Å². The molecule has 0 aliphatic carbocycles. The minimum atomic E-state index is -1.38. The van der Waals surface area contributed by atoms with Gasteiger partial charge in [0.2, 0.25) is 11.8 Å². The molecule has 0 spiro atoms. The summed E-state index contributed by atoms with van der Waals surface area (Å²) < 4.78 is 0. The van der Waals surface area contributed by atoms with Crippen molar-refractivity contribution < 1.29 is 14.7 Å². The first kappa shape index (κ1) is 10.9. The molecule has 1 unspecified atom stereocenters. The molecule has 5 heteroatoms. The van der Waals surface area contributed by atoms with E-state index in [2.05, 4.69) is 10.6 Å². The molecular weight excluding hydrogens is 160 g/mol. The molecule has 0 radical (unpaired) electrons. The third-order valence-corrected chi connectivity index (χ3v) is 1.13. The van der Waals surface area contributed by atoms with Crippen molar-refractivity contribution in [2.45, 2.75) is 26.5 Å². The fourth-order valence-corrected chi connectivity index (χ4v) is 0.720. The maximum Gasteiger partial charge on any atom is 0.219 e. The van der Waals surface area contributed by atoms with Crippen molar-refractivity contribution >= 4 is 11.8 Å². The monoisotopic (exact) mass is 174 g/mol. The fourth-order valence-electron chi connectivity index (χ4n) is 0.720. The fraction of sp³-hybridized carbons (Fsp3) is 0.714. The minimum Gasteiger partial charge on any atom is -0.369 e. The highest BCUT2D eigenvalue weighted by atomic mass is 16.3. The summed E-state index contributed by atoms with van der Waals surface area (Å²) in [4.78, 5) is 21.0. The lowest BCUT2D eigenvalue weighted by Crippen LogP contribution is -2.52. The predicted octanol–water partition coefficient (Wildman–Crippen LogP) is -1.03. The Hall–Kier alpha value is -1.10. The third kappa shape index (κ3) is 5.67. The lowest BCUT2D eigenvalue weighted by molar-refractivity contribution is -0.128. The van der Waals surface area contributed by atoms with Gasteiger partial charge in [0.05, 0.1) is 6.54 Å². The quantitative estimate of drug-likeness (QED) is 0.478. The number of hydrogen-bond acceptors (Lipinski definition) is 3. The van der Waals surface area contributed by atoms with Crippen molar-refractivity contribution in [3.05, 3.63) is 0 Å². The Kier molecular flexibility index (Phi) is 3.69. The SMILES string of the molecule is CC(=O)NCC(C)(O)NC(C)=O. The maximum atomic E-state index is 10.5. The maximum absolute atomic E-state index is 10.5. The van der Waals surface area contributed by atoms with Crippen LogP contribution in [-0.2, 0) is 9.59 Å². The summed E-state index contributed by atoms with van der Waals surface area (Å²) in [6.45, 7) is 4.04. The van der Waals surface area contributed by atoms with E-state index in [1.165, 1.54) is 20.8 Å². The normalized spacial score (nSPS) is 14.7. The molecule has 0 heterocycles. The van der Waals surface area contributed by atoms with Gasteiger partial charge in [0, 0.05) is 13.8 Å². The molecule has 12 heavy (non-hydrogen) atoms. The van der Waals surface area contributed by atoms with Gasteiger partial charge in [-0.25, -0.2) is 0 Å². The number of nitrogens with one attached hydrogen (secondary N) is 2. The number of rotatable bonds is 3. The second-order valence-corrected chi connectivity index (χ2v) is 2.86. The minimum absolute atomic E-state index is 0.00190. The van der Waals surface area contributed by atoms with E-state index in [0.717, 1.165) is 0 Å². The van der Waals surface area contributed by atoms with Crippen LogP contribution in [0, 0.1) is 0 Å². The number of hydrogen-bond donors (Lipinski definition) is 3. The van der Waals surface area contributed by atoms with Gasteiger partial charge < -0.3 is 15.7 Å². The summed E-state index contributed by atoms with van der Waals surface area (Å²) in [6, 6.07) is 0. The molecule has 0 aromatic carbocycles. The highest BCUT2D eigenvalue weighted by Gasteiger charge is 2.20. The molecule has 5 nitrogen and oxygen atoms in total. The molecule has 0 bridgehead atoms. The molecule has 1 atom stereocenters. The Morgan fingerprint density at radius 1 is 1.33 bits per heavy atom. The van der Waals surface area contributed by atoms with E-state index in [4.69, 9.17) is 0 Å². The molecule has 70 valence electrons. The van der Waals surface area contributed by atoms with Gasteiger partial charge in [-0.15, -0.1) is 0 Å². The standard InChI is InChI=1S/C7H14N2O3/c1-5(10)8-4-7(3,12)9-6(2)11/h12H,4H2,1-3H3,(H,8,10)(H,9,11). The van der Waals surface area contributed by atoms with E-state index in [-0.39, 0.29) is 18.4 Å². The second-order valence-electron chi connectivity index (χ2n) is 2.86. The molecule has 0 aromatic heterocycles. The van der Waals surface area contributed by atoms with E-state index < -0.39 is 5.72 Å². The first-order chi connectivity index (χ1) is 5.33. The lowest BCUT2D eigenvalue weighted by atomic mass is 10.2. The van der Waals surface area contributed by atoms with Crippen molar-refractivity contribution in [3.63, 3.8) is 0 Å². The molecule has 0 fully saturated rings. The molecular formula is C7H14N2O3. The number of aliphatic hydroxyl groups is 1. The lowest BCUT2D eigenvalue weighted by Gasteiger charge is -2.23. The van der Waals surface area contributed by atoms with Crippen molar-refractivity contribution in [1.29, 1.82) is 0 Å². The van der Waals surface area contributed by atoms with Crippen LogP contribution in [0.25, 0.3) is 0 Å². The van der Waals surface area contributed by atoms with E-state index >= 15 is 0 Å². The zero-order valence-corrected chi connectivity index (χ0v) is 7.47. The Bertz CT molecular complexity index is 189. The van der Waals surface area contributed by atoms with Crippen molar-refractivity contribution in [2.75, 3.05) is 6.54 Å². The zero-order valence-electron chi connectivity index (χ0n) is 7.47. The van der Waals surface area contributed by atoms with Gasteiger partial charge in [0.1, 0.15) is 0 Å². The Labute approximate surface area is 71.1 Å². The van der Waals surface area contributed by atoms with Gasteiger partial charge in [0.25, 0.3) is 0 Å². The largest absolute Gasteiger partial charge is 0.369 e. The zero-order chi connectivity index (χ0) is 9.78. The van der Waals surface area contributed by atoms with E-state index in [9.17, 15) is 14.7 Å². The van der Waals surface area contributed by atoms with Gasteiger partial charge in [-0.3, -0.25) is 9.59 Å². The van der Waals surface area contributed by atoms with Crippen LogP contribution in [0.3, 0.4) is 0 Å². The molecule has 0 aromatic rings. The highest BCUT2D eigenvalue weighted by molar-refractivity contribution is 5.74. The Balaban J connectivity index is 3.86. The molecule has 0 saturated carbocycles. The molecule has 0 saturated heterocycles. The van der Waals surface area contributed by atoms with Crippen LogP contribution < -0.4 is 10.6 Å². The summed E-state index contributed by atoms with van der Waals surface area (Å²) in [5.74, 6) is -0.592. The summed E-state index contributed by atoms with van der Waals surface area (Å²) in [7, 11) is 0. The topological polar surface area (TPSA) is 78.4 Å². The van der Waals surface area contributed by atoms with E-state index in [0.29, 0.717) is 0 Å². The third-order valence-electron chi connectivity index (χ3n) is 1.13. The van der Waals surface area contributed by atoms with Crippen LogP contribution in [0.1, 0.15) is 20.8 Å². The van der Waals surface area contributed by atoms with Crippen LogP contribution in [0.15, 0.2) is 0 Å². The first-order valence-electron chi connectivity index (χ1n) is 3.59. The van der Waals surface area contributed by atoms with Crippen molar-refractivity contribution in [1.82, 2.24) is 10.6 Å². The number of carbonyl (C=O) groups is 2. The van der Waals surface area contributed by atoms with Crippen LogP contribution in [0.2, 0.25) is 0 Å². The van der Waals surface area contributed by atoms with Crippen LogP contribution in [-0.4, -0.2) is 29.2 Å². The van der Waals surface area contributed by atoms with Crippen LogP contribution in [0.4, 0.5) is 0 Å². The second kappa shape index (κ2) is 4.06. The first-order valence-corrected chi connectivity index (χ1v) is 3.59. The van der Waals surface area contributed by atoms with Gasteiger partial charge in [-0.2, -0.15) is 0 Å².